The first kappa shape index (κ1) is 14.9. The molecule has 9 nitrogen and oxygen atoms in total. The normalized spacial score (nSPS) is 10.2. The van der Waals surface area contributed by atoms with Gasteiger partial charge in [-0.05, 0) is 12.1 Å². The third kappa shape index (κ3) is 3.31. The highest BCUT2D eigenvalue weighted by Crippen LogP contribution is 2.18. The number of carbonyl (C=O) groups is 2. The largest absolute Gasteiger partial charge is 0.479 e. The SMILES string of the molecule is CCOC(=O)c1nc(NC(=O)c2cc(OC)no2)[nH]c1Cl. The number of imidazole rings is 1. The van der Waals surface area contributed by atoms with Crippen LogP contribution in [0.1, 0.15) is 28.0 Å². The summed E-state index contributed by atoms with van der Waals surface area (Å²) in [4.78, 5) is 29.7. The van der Waals surface area contributed by atoms with E-state index in [-0.39, 0.29) is 35.0 Å². The Morgan fingerprint density at radius 2 is 2.29 bits per heavy atom. The number of aromatic amines is 1. The number of anilines is 1. The van der Waals surface area contributed by atoms with Gasteiger partial charge in [0.25, 0.3) is 11.8 Å². The van der Waals surface area contributed by atoms with Gasteiger partial charge in [0.1, 0.15) is 5.15 Å². The van der Waals surface area contributed by atoms with Crippen molar-refractivity contribution in [1.82, 2.24) is 15.1 Å². The molecule has 0 aliphatic heterocycles. The standard InChI is InChI=1S/C11H11ClN4O5/c1-3-20-10(18)7-8(12)14-11(13-7)15-9(17)5-4-6(19-2)16-21-5/h4H,3H2,1-2H3,(H2,13,14,15,17). The van der Waals surface area contributed by atoms with Crippen molar-refractivity contribution in [2.75, 3.05) is 19.0 Å². The van der Waals surface area contributed by atoms with Crippen LogP contribution in [0.2, 0.25) is 5.15 Å². The quantitative estimate of drug-likeness (QED) is 0.802. The van der Waals surface area contributed by atoms with Crippen LogP contribution in [-0.4, -0.2) is 40.7 Å². The second-order valence-corrected chi connectivity index (χ2v) is 4.03. The highest BCUT2D eigenvalue weighted by Gasteiger charge is 2.20. The number of nitrogens with zero attached hydrogens (tertiary/aromatic N) is 2. The molecule has 2 heterocycles. The number of esters is 1. The van der Waals surface area contributed by atoms with Gasteiger partial charge in [-0.3, -0.25) is 10.1 Å². The van der Waals surface area contributed by atoms with Crippen molar-refractivity contribution >= 4 is 29.4 Å². The van der Waals surface area contributed by atoms with E-state index in [1.54, 1.807) is 6.92 Å². The van der Waals surface area contributed by atoms with E-state index in [0.29, 0.717) is 0 Å². The Morgan fingerprint density at radius 3 is 2.90 bits per heavy atom. The van der Waals surface area contributed by atoms with Gasteiger partial charge in [0.2, 0.25) is 11.7 Å². The van der Waals surface area contributed by atoms with Gasteiger partial charge < -0.3 is 19.0 Å². The number of aromatic nitrogens is 3. The lowest BCUT2D eigenvalue weighted by Gasteiger charge is -1.97. The van der Waals surface area contributed by atoms with Crippen LogP contribution < -0.4 is 10.1 Å². The van der Waals surface area contributed by atoms with Crippen molar-refractivity contribution in [3.8, 4) is 5.88 Å². The molecule has 2 aromatic rings. The molecule has 0 aliphatic rings. The fourth-order valence-electron chi connectivity index (χ4n) is 1.38. The van der Waals surface area contributed by atoms with Gasteiger partial charge in [-0.15, -0.1) is 0 Å². The molecule has 2 N–H and O–H groups in total. The number of nitrogens with one attached hydrogen (secondary N) is 2. The van der Waals surface area contributed by atoms with Gasteiger partial charge in [-0.2, -0.15) is 0 Å². The fourth-order valence-corrected chi connectivity index (χ4v) is 1.59. The zero-order valence-electron chi connectivity index (χ0n) is 11.1. The Balaban J connectivity index is 2.11. The lowest BCUT2D eigenvalue weighted by molar-refractivity contribution is 0.0520. The van der Waals surface area contributed by atoms with Gasteiger partial charge in [-0.1, -0.05) is 11.6 Å². The van der Waals surface area contributed by atoms with E-state index < -0.39 is 11.9 Å². The van der Waals surface area contributed by atoms with Gasteiger partial charge in [0, 0.05) is 0 Å². The Bertz CT molecular complexity index is 665. The number of hydrogen-bond donors (Lipinski definition) is 2. The second kappa shape index (κ2) is 6.27. The fraction of sp³-hybridized carbons (Fsp3) is 0.273. The molecule has 2 rings (SSSR count). The Kier molecular flexibility index (Phi) is 4.43. The molecule has 0 spiro atoms. The van der Waals surface area contributed by atoms with Gasteiger partial charge >= 0.3 is 5.97 Å². The number of carbonyl (C=O) groups excluding carboxylic acids is 2. The molecular formula is C11H11ClN4O5. The molecule has 0 aromatic carbocycles. The number of amides is 1. The van der Waals surface area contributed by atoms with Crippen LogP contribution in [-0.2, 0) is 4.74 Å². The molecule has 0 fully saturated rings. The molecule has 21 heavy (non-hydrogen) atoms. The van der Waals surface area contributed by atoms with E-state index in [0.717, 1.165) is 0 Å². The predicted octanol–water partition coefficient (Wildman–Crippen LogP) is 1.49. The van der Waals surface area contributed by atoms with Crippen molar-refractivity contribution in [3.05, 3.63) is 22.7 Å². The van der Waals surface area contributed by atoms with Crippen LogP contribution in [0.3, 0.4) is 0 Å². The number of methoxy groups -OCH3 is 1. The maximum atomic E-state index is 11.8. The van der Waals surface area contributed by atoms with E-state index >= 15 is 0 Å². The summed E-state index contributed by atoms with van der Waals surface area (Å²) in [6, 6.07) is 1.30. The van der Waals surface area contributed by atoms with E-state index in [1.807, 2.05) is 0 Å². The van der Waals surface area contributed by atoms with Crippen LogP contribution in [0.25, 0.3) is 0 Å². The number of rotatable bonds is 5. The zero-order valence-corrected chi connectivity index (χ0v) is 11.9. The van der Waals surface area contributed by atoms with Crippen molar-refractivity contribution in [2.24, 2.45) is 0 Å². The Labute approximate surface area is 123 Å². The zero-order chi connectivity index (χ0) is 15.4. The van der Waals surface area contributed by atoms with Crippen molar-refractivity contribution in [3.63, 3.8) is 0 Å². The number of hydrogen-bond acceptors (Lipinski definition) is 7. The highest BCUT2D eigenvalue weighted by molar-refractivity contribution is 6.32. The number of H-pyrrole nitrogens is 1. The maximum absolute atomic E-state index is 11.8. The first-order valence-electron chi connectivity index (χ1n) is 5.79. The Hall–Kier alpha value is -2.55. The van der Waals surface area contributed by atoms with E-state index in [9.17, 15) is 9.59 Å². The second-order valence-electron chi connectivity index (χ2n) is 3.66. The summed E-state index contributed by atoms with van der Waals surface area (Å²) in [7, 11) is 1.39. The molecule has 0 atom stereocenters. The topological polar surface area (TPSA) is 119 Å². The monoisotopic (exact) mass is 314 g/mol. The molecule has 0 saturated heterocycles. The highest BCUT2D eigenvalue weighted by atomic mass is 35.5. The Morgan fingerprint density at radius 1 is 1.52 bits per heavy atom. The smallest absolute Gasteiger partial charge is 0.360 e. The lowest BCUT2D eigenvalue weighted by atomic mass is 10.4. The minimum absolute atomic E-state index is 0.0246. The average molecular weight is 315 g/mol. The van der Waals surface area contributed by atoms with Crippen LogP contribution in [0.5, 0.6) is 5.88 Å². The third-order valence-electron chi connectivity index (χ3n) is 2.28. The summed E-state index contributed by atoms with van der Waals surface area (Å²) in [5.41, 5.74) is -0.121. The predicted molar refractivity (Wildman–Crippen MR) is 70.6 cm³/mol. The van der Waals surface area contributed by atoms with Gasteiger partial charge in [0.05, 0.1) is 19.8 Å². The molecule has 0 bridgehead atoms. The van der Waals surface area contributed by atoms with Crippen LogP contribution in [0, 0.1) is 0 Å². The first-order chi connectivity index (χ1) is 10.0. The van der Waals surface area contributed by atoms with Gasteiger partial charge in [-0.25, -0.2) is 9.78 Å². The molecule has 1 amide bonds. The first-order valence-corrected chi connectivity index (χ1v) is 6.17. The summed E-state index contributed by atoms with van der Waals surface area (Å²) in [5, 5.41) is 5.81. The molecule has 0 aliphatic carbocycles. The van der Waals surface area contributed by atoms with Crippen LogP contribution in [0.15, 0.2) is 10.6 Å². The van der Waals surface area contributed by atoms with Crippen molar-refractivity contribution in [1.29, 1.82) is 0 Å². The number of ether oxygens (including phenoxy) is 2. The summed E-state index contributed by atoms with van der Waals surface area (Å²) < 4.78 is 14.3. The van der Waals surface area contributed by atoms with Crippen molar-refractivity contribution < 1.29 is 23.6 Å². The molecule has 0 saturated carbocycles. The minimum Gasteiger partial charge on any atom is -0.479 e. The number of halogens is 1. The maximum Gasteiger partial charge on any atom is 0.360 e. The van der Waals surface area contributed by atoms with Crippen LogP contribution in [0.4, 0.5) is 5.95 Å². The van der Waals surface area contributed by atoms with Gasteiger partial charge in [0.15, 0.2) is 5.69 Å². The summed E-state index contributed by atoms with van der Waals surface area (Å²) >= 11 is 5.81. The summed E-state index contributed by atoms with van der Waals surface area (Å²) in [6.07, 6.45) is 0. The van der Waals surface area contributed by atoms with E-state index in [1.165, 1.54) is 13.2 Å². The summed E-state index contributed by atoms with van der Waals surface area (Å²) in [6.45, 7) is 1.83. The van der Waals surface area contributed by atoms with E-state index in [2.05, 4.69) is 20.4 Å². The molecule has 0 unspecified atom stereocenters. The molecule has 2 aromatic heterocycles. The third-order valence-corrected chi connectivity index (χ3v) is 2.56. The molecular weight excluding hydrogens is 304 g/mol. The average Bonchev–Trinajstić information content (AvgIpc) is 3.05. The lowest BCUT2D eigenvalue weighted by Crippen LogP contribution is -2.12. The van der Waals surface area contributed by atoms with E-state index in [4.69, 9.17) is 25.6 Å². The van der Waals surface area contributed by atoms with Crippen LogP contribution >= 0.6 is 11.6 Å². The molecule has 0 radical (unpaired) electrons. The van der Waals surface area contributed by atoms with Crippen molar-refractivity contribution in [2.45, 2.75) is 6.92 Å². The minimum atomic E-state index is -0.694. The molecule has 112 valence electrons. The summed E-state index contributed by atoms with van der Waals surface area (Å²) in [5.74, 6) is -1.28. The molecule has 10 heteroatoms.